The second-order valence-electron chi connectivity index (χ2n) is 3.86. The van der Waals surface area contributed by atoms with E-state index in [0.29, 0.717) is 12.8 Å². The van der Waals surface area contributed by atoms with Gasteiger partial charge in [-0.2, -0.15) is 0 Å². The van der Waals surface area contributed by atoms with Gasteiger partial charge in [-0.3, -0.25) is 16.3 Å². The van der Waals surface area contributed by atoms with Crippen molar-refractivity contribution in [2.75, 3.05) is 12.0 Å². The van der Waals surface area contributed by atoms with Crippen LogP contribution < -0.4 is 11.3 Å². The van der Waals surface area contributed by atoms with Crippen LogP contribution >= 0.6 is 15.9 Å². The highest BCUT2D eigenvalue weighted by Crippen LogP contribution is 2.23. The van der Waals surface area contributed by atoms with Crippen molar-refractivity contribution in [3.05, 3.63) is 28.5 Å². The van der Waals surface area contributed by atoms with Gasteiger partial charge in [0.25, 0.3) is 0 Å². The average molecular weight is 322 g/mol. The highest BCUT2D eigenvalue weighted by Gasteiger charge is 2.14. The first-order valence-electron chi connectivity index (χ1n) is 5.18. The average Bonchev–Trinajstić information content (AvgIpc) is 2.24. The molecule has 0 amide bonds. The molecule has 0 aliphatic rings. The Morgan fingerprint density at radius 1 is 1.59 bits per heavy atom. The van der Waals surface area contributed by atoms with Crippen molar-refractivity contribution in [2.45, 2.75) is 18.9 Å². The largest absolute Gasteiger partial charge is 0.271 e. The van der Waals surface area contributed by atoms with Gasteiger partial charge >= 0.3 is 0 Å². The topological polar surface area (TPSA) is 85.1 Å². The van der Waals surface area contributed by atoms with Crippen LogP contribution in [0.15, 0.2) is 22.8 Å². The van der Waals surface area contributed by atoms with Crippen LogP contribution in [0, 0.1) is 0 Å². The number of halogens is 1. The summed E-state index contributed by atoms with van der Waals surface area (Å²) in [6, 6.07) is 3.55. The standard InChI is InChI=1S/C10H16BrN3O2S/c1-17(15,16)7-3-5-9(14-12)10-8(11)4-2-6-13-10/h2,4,6,9,14H,3,5,7,12H2,1H3. The lowest BCUT2D eigenvalue weighted by atomic mass is 10.1. The van der Waals surface area contributed by atoms with E-state index >= 15 is 0 Å². The van der Waals surface area contributed by atoms with Gasteiger partial charge in [0, 0.05) is 22.7 Å². The van der Waals surface area contributed by atoms with Crippen LogP contribution in [-0.4, -0.2) is 25.4 Å². The first kappa shape index (κ1) is 14.6. The predicted molar refractivity (Wildman–Crippen MR) is 70.9 cm³/mol. The van der Waals surface area contributed by atoms with Crippen LogP contribution in [0.1, 0.15) is 24.6 Å². The quantitative estimate of drug-likeness (QED) is 0.607. The second-order valence-corrected chi connectivity index (χ2v) is 6.98. The van der Waals surface area contributed by atoms with E-state index in [0.717, 1.165) is 10.2 Å². The molecule has 1 aromatic rings. The van der Waals surface area contributed by atoms with Crippen molar-refractivity contribution < 1.29 is 8.42 Å². The highest BCUT2D eigenvalue weighted by atomic mass is 79.9. The number of nitrogens with zero attached hydrogens (tertiary/aromatic N) is 1. The van der Waals surface area contributed by atoms with Gasteiger partial charge in [-0.05, 0) is 40.9 Å². The van der Waals surface area contributed by atoms with E-state index in [4.69, 9.17) is 5.84 Å². The number of aromatic nitrogens is 1. The third-order valence-corrected chi connectivity index (χ3v) is 4.03. The summed E-state index contributed by atoms with van der Waals surface area (Å²) >= 11 is 3.39. The number of hydrogen-bond acceptors (Lipinski definition) is 5. The number of pyridine rings is 1. The van der Waals surface area contributed by atoms with Crippen molar-refractivity contribution in [3.8, 4) is 0 Å². The summed E-state index contributed by atoms with van der Waals surface area (Å²) in [5.74, 6) is 5.63. The zero-order valence-electron chi connectivity index (χ0n) is 9.56. The Morgan fingerprint density at radius 2 is 2.29 bits per heavy atom. The van der Waals surface area contributed by atoms with Gasteiger partial charge in [0.05, 0.1) is 11.7 Å². The molecule has 0 bridgehead atoms. The molecule has 1 rings (SSSR count). The lowest BCUT2D eigenvalue weighted by molar-refractivity contribution is 0.495. The molecule has 0 spiro atoms. The molecule has 1 atom stereocenters. The van der Waals surface area contributed by atoms with E-state index in [1.807, 2.05) is 12.1 Å². The molecule has 1 unspecified atom stereocenters. The van der Waals surface area contributed by atoms with Gasteiger partial charge < -0.3 is 0 Å². The Bertz CT molecular complexity index is 464. The molecule has 96 valence electrons. The zero-order chi connectivity index (χ0) is 12.9. The summed E-state index contributed by atoms with van der Waals surface area (Å²) in [6.45, 7) is 0. The third kappa shape index (κ3) is 5.12. The molecule has 0 aliphatic heterocycles. The maximum atomic E-state index is 11.0. The minimum atomic E-state index is -2.92. The first-order chi connectivity index (χ1) is 7.94. The smallest absolute Gasteiger partial charge is 0.147 e. The van der Waals surface area contributed by atoms with E-state index in [2.05, 4.69) is 26.3 Å². The molecule has 0 aliphatic carbocycles. The Labute approximate surface area is 110 Å². The van der Waals surface area contributed by atoms with Crippen LogP contribution in [0.5, 0.6) is 0 Å². The molecule has 1 aromatic heterocycles. The van der Waals surface area contributed by atoms with E-state index < -0.39 is 9.84 Å². The Morgan fingerprint density at radius 3 is 2.82 bits per heavy atom. The molecule has 0 saturated heterocycles. The van der Waals surface area contributed by atoms with Gasteiger partial charge in [-0.25, -0.2) is 8.42 Å². The molecule has 3 N–H and O–H groups in total. The lowest BCUT2D eigenvalue weighted by Gasteiger charge is -2.16. The SMILES string of the molecule is CS(=O)(=O)CCCC(NN)c1ncccc1Br. The minimum absolute atomic E-state index is 0.146. The number of hydrogen-bond donors (Lipinski definition) is 2. The second kappa shape index (κ2) is 6.44. The van der Waals surface area contributed by atoms with E-state index in [9.17, 15) is 8.42 Å². The third-order valence-electron chi connectivity index (χ3n) is 2.33. The molecule has 7 heteroatoms. The summed E-state index contributed by atoms with van der Waals surface area (Å²) in [5, 5.41) is 0. The van der Waals surface area contributed by atoms with Crippen molar-refractivity contribution in [3.63, 3.8) is 0 Å². The summed E-state index contributed by atoms with van der Waals surface area (Å²) in [6.07, 6.45) is 4.09. The Hall–Kier alpha value is -0.500. The summed E-state index contributed by atoms with van der Waals surface area (Å²) < 4.78 is 22.9. The number of hydrazine groups is 1. The van der Waals surface area contributed by atoms with Crippen molar-refractivity contribution in [1.29, 1.82) is 0 Å². The first-order valence-corrected chi connectivity index (χ1v) is 8.03. The number of rotatable bonds is 6. The molecule has 0 saturated carbocycles. The Kier molecular flexibility index (Phi) is 5.51. The molecule has 1 heterocycles. The van der Waals surface area contributed by atoms with Crippen LogP contribution in [0.2, 0.25) is 0 Å². The summed E-state index contributed by atoms with van der Waals surface area (Å²) in [7, 11) is -2.92. The normalized spacial score (nSPS) is 13.6. The number of nitrogens with one attached hydrogen (secondary N) is 1. The molecular weight excluding hydrogens is 306 g/mol. The molecule has 0 radical (unpaired) electrons. The van der Waals surface area contributed by atoms with Gasteiger partial charge in [-0.1, -0.05) is 0 Å². The highest BCUT2D eigenvalue weighted by molar-refractivity contribution is 9.10. The van der Waals surface area contributed by atoms with Crippen LogP contribution in [0.25, 0.3) is 0 Å². The van der Waals surface area contributed by atoms with Gasteiger partial charge in [-0.15, -0.1) is 0 Å². The fraction of sp³-hybridized carbons (Fsp3) is 0.500. The number of sulfone groups is 1. The van der Waals surface area contributed by atoms with E-state index in [1.54, 1.807) is 6.20 Å². The van der Waals surface area contributed by atoms with Crippen LogP contribution in [0.3, 0.4) is 0 Å². The van der Waals surface area contributed by atoms with E-state index in [-0.39, 0.29) is 11.8 Å². The van der Waals surface area contributed by atoms with E-state index in [1.165, 1.54) is 6.26 Å². The van der Waals surface area contributed by atoms with Crippen LogP contribution in [0.4, 0.5) is 0 Å². The number of nitrogens with two attached hydrogens (primary N) is 1. The van der Waals surface area contributed by atoms with Crippen molar-refractivity contribution in [2.24, 2.45) is 5.84 Å². The van der Waals surface area contributed by atoms with Crippen molar-refractivity contribution in [1.82, 2.24) is 10.4 Å². The monoisotopic (exact) mass is 321 g/mol. The van der Waals surface area contributed by atoms with Gasteiger partial charge in [0.1, 0.15) is 9.84 Å². The maximum absolute atomic E-state index is 11.0. The zero-order valence-corrected chi connectivity index (χ0v) is 12.0. The van der Waals surface area contributed by atoms with Crippen molar-refractivity contribution >= 4 is 25.8 Å². The van der Waals surface area contributed by atoms with Gasteiger partial charge in [0.15, 0.2) is 0 Å². The molecule has 0 aromatic carbocycles. The lowest BCUT2D eigenvalue weighted by Crippen LogP contribution is -2.29. The molecule has 0 fully saturated rings. The predicted octanol–water partition coefficient (Wildman–Crippen LogP) is 1.17. The fourth-order valence-electron chi connectivity index (χ4n) is 1.50. The summed E-state index contributed by atoms with van der Waals surface area (Å²) in [5.41, 5.74) is 3.45. The molecular formula is C10H16BrN3O2S. The Balaban J connectivity index is 2.64. The van der Waals surface area contributed by atoms with Crippen LogP contribution in [-0.2, 0) is 9.84 Å². The summed E-state index contributed by atoms with van der Waals surface area (Å²) in [4.78, 5) is 4.23. The fourth-order valence-corrected chi connectivity index (χ4v) is 2.73. The molecule has 5 nitrogen and oxygen atoms in total. The molecule has 17 heavy (non-hydrogen) atoms. The minimum Gasteiger partial charge on any atom is -0.271 e. The van der Waals surface area contributed by atoms with Gasteiger partial charge in [0.2, 0.25) is 0 Å². The maximum Gasteiger partial charge on any atom is 0.147 e.